The van der Waals surface area contributed by atoms with E-state index in [-0.39, 0.29) is 21.1 Å². The van der Waals surface area contributed by atoms with E-state index in [1.54, 1.807) is 9.36 Å². The summed E-state index contributed by atoms with van der Waals surface area (Å²) in [7, 11) is 0. The Bertz CT molecular complexity index is 2000. The van der Waals surface area contributed by atoms with Crippen LogP contribution in [0.4, 0.5) is 0 Å². The van der Waals surface area contributed by atoms with Gasteiger partial charge in [-0.05, 0) is 26.2 Å². The Labute approximate surface area is 266 Å². The molecule has 0 unspecified atom stereocenters. The molecule has 8 aromatic rings. The molecule has 4 heterocycles. The first-order valence-corrected chi connectivity index (χ1v) is 13.9. The van der Waals surface area contributed by atoms with Crippen LogP contribution in [0.15, 0.2) is 109 Å². The van der Waals surface area contributed by atoms with Crippen molar-refractivity contribution in [2.45, 2.75) is 19.5 Å². The standard InChI is InChI=1S/C33H24N10.Pt/c1-33(2,42-29(23-13-5-3-6-14-23)34-31(38-42)40-21-25-17-9-11-19-27(25)36-40)43-30(24-15-7-4-8-16-24)35-32(39-43)41-22-26-18-10-12-20-28(26)37-41;/h3-20H,1-2H3;/q-2;+2. The van der Waals surface area contributed by atoms with Crippen LogP contribution in [0.5, 0.6) is 0 Å². The summed E-state index contributed by atoms with van der Waals surface area (Å²) in [4.78, 5) is 9.94. The molecule has 0 saturated heterocycles. The van der Waals surface area contributed by atoms with Gasteiger partial charge in [0.05, 0.1) is 0 Å². The number of fused-ring (bicyclic) bond motifs is 2. The summed E-state index contributed by atoms with van der Waals surface area (Å²) in [5, 5.41) is 21.2. The van der Waals surface area contributed by atoms with E-state index in [0.717, 1.165) is 32.9 Å². The fourth-order valence-electron chi connectivity index (χ4n) is 5.18. The Morgan fingerprint density at radius 3 is 1.30 bits per heavy atom. The average Bonchev–Trinajstić information content (AvgIpc) is 3.85. The topological polar surface area (TPSA) is 97.1 Å². The average molecular weight is 756 g/mol. The minimum atomic E-state index is -0.883. The zero-order chi connectivity index (χ0) is 29.0. The number of hydrogen-bond acceptors (Lipinski definition) is 6. The van der Waals surface area contributed by atoms with Gasteiger partial charge in [0.25, 0.3) is 0 Å². The van der Waals surface area contributed by atoms with E-state index in [9.17, 15) is 0 Å². The molecule has 0 spiro atoms. The first kappa shape index (κ1) is 27.6. The fraction of sp³-hybridized carbons (Fsp3) is 0.0909. The van der Waals surface area contributed by atoms with Gasteiger partial charge in [-0.25, -0.2) is 29.5 Å². The Morgan fingerprint density at radius 2 is 0.886 bits per heavy atom. The van der Waals surface area contributed by atoms with Gasteiger partial charge in [-0.15, -0.1) is 35.0 Å². The van der Waals surface area contributed by atoms with Crippen molar-refractivity contribution >= 4 is 21.8 Å². The predicted molar refractivity (Wildman–Crippen MR) is 163 cm³/mol. The van der Waals surface area contributed by atoms with E-state index in [2.05, 4.69) is 22.6 Å². The molecule has 0 saturated carbocycles. The minimum Gasteiger partial charge on any atom is -0.294 e. The molecule has 216 valence electrons. The molecule has 8 rings (SSSR count). The van der Waals surface area contributed by atoms with Crippen LogP contribution in [0.3, 0.4) is 0 Å². The van der Waals surface area contributed by atoms with Crippen molar-refractivity contribution in [2.24, 2.45) is 0 Å². The van der Waals surface area contributed by atoms with Gasteiger partial charge in [0.2, 0.25) is 0 Å². The Kier molecular flexibility index (Phi) is 6.78. The quantitative estimate of drug-likeness (QED) is 0.202. The molecule has 0 bridgehead atoms. The summed E-state index contributed by atoms with van der Waals surface area (Å²) in [6.07, 6.45) is 6.57. The summed E-state index contributed by atoms with van der Waals surface area (Å²) in [6, 6.07) is 35.6. The van der Waals surface area contributed by atoms with Crippen LogP contribution in [-0.4, -0.2) is 49.1 Å². The third kappa shape index (κ3) is 4.64. The molecular weight excluding hydrogens is 732 g/mol. The van der Waals surface area contributed by atoms with Gasteiger partial charge >= 0.3 is 21.1 Å². The monoisotopic (exact) mass is 755 g/mol. The van der Waals surface area contributed by atoms with Crippen molar-refractivity contribution in [2.75, 3.05) is 0 Å². The Hall–Kier alpha value is -5.21. The fourth-order valence-corrected chi connectivity index (χ4v) is 5.18. The van der Waals surface area contributed by atoms with E-state index < -0.39 is 5.66 Å². The van der Waals surface area contributed by atoms with Crippen molar-refractivity contribution in [1.82, 2.24) is 49.1 Å². The van der Waals surface area contributed by atoms with Gasteiger partial charge in [-0.2, -0.15) is 10.2 Å². The Morgan fingerprint density at radius 1 is 0.500 bits per heavy atom. The molecular formula is C33H24N10Pt. The van der Waals surface area contributed by atoms with Crippen LogP contribution in [0.25, 0.3) is 56.5 Å². The molecule has 0 atom stereocenters. The molecule has 4 aromatic carbocycles. The molecule has 10 nitrogen and oxygen atoms in total. The van der Waals surface area contributed by atoms with E-state index >= 15 is 0 Å². The smallest absolute Gasteiger partial charge is 0.294 e. The normalized spacial score (nSPS) is 11.7. The van der Waals surface area contributed by atoms with E-state index in [4.69, 9.17) is 20.2 Å². The molecule has 0 radical (unpaired) electrons. The third-order valence-electron chi connectivity index (χ3n) is 7.35. The number of benzene rings is 4. The van der Waals surface area contributed by atoms with E-state index in [1.165, 1.54) is 0 Å². The predicted octanol–water partition coefficient (Wildman–Crippen LogP) is 5.72. The summed E-state index contributed by atoms with van der Waals surface area (Å²) >= 11 is 0. The van der Waals surface area contributed by atoms with Crippen molar-refractivity contribution in [3.63, 3.8) is 0 Å². The molecule has 0 aliphatic rings. The minimum absolute atomic E-state index is 0. The van der Waals surface area contributed by atoms with Gasteiger partial charge in [0.1, 0.15) is 0 Å². The maximum absolute atomic E-state index is 5.01. The maximum Gasteiger partial charge on any atom is 2.00 e. The molecule has 0 amide bonds. The first-order valence-electron chi connectivity index (χ1n) is 13.9. The zero-order valence-corrected chi connectivity index (χ0v) is 26.0. The van der Waals surface area contributed by atoms with Gasteiger partial charge in [0.15, 0.2) is 29.2 Å². The molecule has 11 heteroatoms. The Balaban J connectivity index is 0.00000312. The molecule has 0 aliphatic carbocycles. The second-order valence-corrected chi connectivity index (χ2v) is 10.6. The third-order valence-corrected chi connectivity index (χ3v) is 7.35. The van der Waals surface area contributed by atoms with Crippen molar-refractivity contribution in [3.8, 4) is 34.7 Å². The van der Waals surface area contributed by atoms with Crippen LogP contribution in [-0.2, 0) is 26.7 Å². The van der Waals surface area contributed by atoms with Crippen molar-refractivity contribution in [1.29, 1.82) is 0 Å². The molecule has 44 heavy (non-hydrogen) atoms. The van der Waals surface area contributed by atoms with Crippen molar-refractivity contribution < 1.29 is 21.1 Å². The summed E-state index contributed by atoms with van der Waals surface area (Å²) < 4.78 is 6.93. The largest absolute Gasteiger partial charge is 2.00 e. The SMILES string of the molecule is CC(C)(n1nc(-n2[c-]c3ccccc3n2)nc1-c1ccccc1)n1nc(-n2[c-]c3ccccc3n2)nc1-c1ccccc1.[Pt+2]. The number of hydrogen-bond donors (Lipinski definition) is 0. The first-order chi connectivity index (χ1) is 21.0. The second-order valence-electron chi connectivity index (χ2n) is 10.6. The number of rotatable bonds is 6. The molecule has 4 aromatic heterocycles. The van der Waals surface area contributed by atoms with Gasteiger partial charge in [-0.1, -0.05) is 84.9 Å². The van der Waals surface area contributed by atoms with Crippen LogP contribution in [0.2, 0.25) is 0 Å². The van der Waals surface area contributed by atoms with Crippen LogP contribution in [0, 0.1) is 12.4 Å². The van der Waals surface area contributed by atoms with Crippen LogP contribution >= 0.6 is 0 Å². The zero-order valence-electron chi connectivity index (χ0n) is 23.7. The second kappa shape index (κ2) is 10.8. The summed E-state index contributed by atoms with van der Waals surface area (Å²) in [5.74, 6) is 2.11. The molecule has 0 fully saturated rings. The van der Waals surface area contributed by atoms with E-state index in [0.29, 0.717) is 23.5 Å². The van der Waals surface area contributed by atoms with Crippen LogP contribution in [0.1, 0.15) is 13.8 Å². The summed E-state index contributed by atoms with van der Waals surface area (Å²) in [6.45, 7) is 4.07. The van der Waals surface area contributed by atoms with Crippen LogP contribution < -0.4 is 0 Å². The van der Waals surface area contributed by atoms with Gasteiger partial charge in [0, 0.05) is 22.2 Å². The number of aromatic nitrogens is 10. The van der Waals surface area contributed by atoms with Gasteiger partial charge in [-0.3, -0.25) is 9.36 Å². The van der Waals surface area contributed by atoms with Crippen molar-refractivity contribution in [3.05, 3.63) is 122 Å². The van der Waals surface area contributed by atoms with Gasteiger partial charge < -0.3 is 0 Å². The summed E-state index contributed by atoms with van der Waals surface area (Å²) in [5.41, 5.74) is 2.55. The number of nitrogens with zero attached hydrogens (tertiary/aromatic N) is 10. The van der Waals surface area contributed by atoms with E-state index in [1.807, 2.05) is 132 Å². The maximum atomic E-state index is 5.01. The molecule has 0 N–H and O–H groups in total. The molecule has 0 aliphatic heterocycles.